The lowest BCUT2D eigenvalue weighted by molar-refractivity contribution is 0.0713. The van der Waals surface area contributed by atoms with Gasteiger partial charge in [-0.1, -0.05) is 0 Å². The third-order valence-electron chi connectivity index (χ3n) is 4.47. The molecule has 1 aliphatic rings. The molecule has 0 spiro atoms. The average molecular weight is 431 g/mol. The Morgan fingerprint density at radius 1 is 1.04 bits per heavy atom. The van der Waals surface area contributed by atoms with Gasteiger partial charge in [0.1, 0.15) is 18.0 Å². The number of aromatic nitrogens is 2. The van der Waals surface area contributed by atoms with E-state index in [1.54, 1.807) is 29.2 Å². The molecule has 3 aromatic rings. The standard InChI is InChI=1S/C19H16BrFN4O2/c20-17-6-5-16(27-17)19(26)25-9-7-24(8-10-25)18-11-15(22-12-23-18)13-1-3-14(21)4-2-13/h1-6,11-12H,7-10H2. The molecular formula is C19H16BrFN4O2. The Kier molecular flexibility index (Phi) is 4.89. The molecule has 0 bridgehead atoms. The van der Waals surface area contributed by atoms with E-state index < -0.39 is 0 Å². The van der Waals surface area contributed by atoms with Crippen molar-refractivity contribution in [2.75, 3.05) is 31.1 Å². The minimum Gasteiger partial charge on any atom is -0.444 e. The van der Waals surface area contributed by atoms with Crippen LogP contribution >= 0.6 is 15.9 Å². The van der Waals surface area contributed by atoms with Crippen molar-refractivity contribution in [3.63, 3.8) is 0 Å². The molecule has 0 aliphatic carbocycles. The highest BCUT2D eigenvalue weighted by molar-refractivity contribution is 9.10. The number of rotatable bonds is 3. The molecule has 0 atom stereocenters. The van der Waals surface area contributed by atoms with Crippen LogP contribution in [-0.4, -0.2) is 47.0 Å². The number of carbonyl (C=O) groups is 1. The van der Waals surface area contributed by atoms with Gasteiger partial charge in [0.05, 0.1) is 5.69 Å². The van der Waals surface area contributed by atoms with Gasteiger partial charge < -0.3 is 14.2 Å². The molecule has 1 aromatic carbocycles. The lowest BCUT2D eigenvalue weighted by Crippen LogP contribution is -2.49. The van der Waals surface area contributed by atoms with Gasteiger partial charge in [0.15, 0.2) is 10.4 Å². The van der Waals surface area contributed by atoms with Crippen molar-refractivity contribution in [2.24, 2.45) is 0 Å². The Bertz CT molecular complexity index is 952. The Balaban J connectivity index is 1.44. The van der Waals surface area contributed by atoms with Crippen molar-refractivity contribution < 1.29 is 13.6 Å². The number of hydrogen-bond donors (Lipinski definition) is 0. The zero-order valence-corrected chi connectivity index (χ0v) is 15.9. The number of furan rings is 1. The van der Waals surface area contributed by atoms with Crippen LogP contribution in [0, 0.1) is 5.82 Å². The molecule has 0 saturated carbocycles. The number of benzene rings is 1. The molecule has 1 saturated heterocycles. The molecule has 8 heteroatoms. The van der Waals surface area contributed by atoms with E-state index in [1.807, 2.05) is 6.07 Å². The molecule has 3 heterocycles. The van der Waals surface area contributed by atoms with Crippen LogP contribution in [0.1, 0.15) is 10.6 Å². The van der Waals surface area contributed by atoms with E-state index in [2.05, 4.69) is 30.8 Å². The first-order chi connectivity index (χ1) is 13.1. The molecule has 27 heavy (non-hydrogen) atoms. The second-order valence-electron chi connectivity index (χ2n) is 6.15. The summed E-state index contributed by atoms with van der Waals surface area (Å²) < 4.78 is 19.0. The molecule has 0 unspecified atom stereocenters. The first-order valence-corrected chi connectivity index (χ1v) is 9.27. The summed E-state index contributed by atoms with van der Waals surface area (Å²) in [5.74, 6) is 0.723. The van der Waals surface area contributed by atoms with Crippen LogP contribution in [0.5, 0.6) is 0 Å². The van der Waals surface area contributed by atoms with Gasteiger partial charge in [0.2, 0.25) is 0 Å². The molecule has 1 amide bonds. The zero-order chi connectivity index (χ0) is 18.8. The highest BCUT2D eigenvalue weighted by atomic mass is 79.9. The predicted octanol–water partition coefficient (Wildman–Crippen LogP) is 3.60. The zero-order valence-electron chi connectivity index (χ0n) is 14.3. The Morgan fingerprint density at radius 2 is 1.78 bits per heavy atom. The van der Waals surface area contributed by atoms with Crippen molar-refractivity contribution in [3.8, 4) is 11.3 Å². The van der Waals surface area contributed by atoms with E-state index in [0.29, 0.717) is 36.6 Å². The summed E-state index contributed by atoms with van der Waals surface area (Å²) in [5, 5.41) is 0. The Labute approximate surface area is 163 Å². The van der Waals surface area contributed by atoms with Crippen LogP contribution in [0.25, 0.3) is 11.3 Å². The fourth-order valence-electron chi connectivity index (χ4n) is 3.02. The molecule has 138 valence electrons. The maximum Gasteiger partial charge on any atom is 0.289 e. The van der Waals surface area contributed by atoms with Crippen LogP contribution in [-0.2, 0) is 0 Å². The summed E-state index contributed by atoms with van der Waals surface area (Å²) in [6.07, 6.45) is 1.51. The first kappa shape index (κ1) is 17.7. The maximum atomic E-state index is 13.1. The maximum absolute atomic E-state index is 13.1. The third-order valence-corrected chi connectivity index (χ3v) is 4.89. The lowest BCUT2D eigenvalue weighted by Gasteiger charge is -2.35. The molecular weight excluding hydrogens is 415 g/mol. The minimum absolute atomic E-state index is 0.116. The number of hydrogen-bond acceptors (Lipinski definition) is 5. The van der Waals surface area contributed by atoms with Gasteiger partial charge in [-0.3, -0.25) is 4.79 Å². The van der Waals surface area contributed by atoms with Crippen LogP contribution in [0.4, 0.5) is 10.2 Å². The van der Waals surface area contributed by atoms with Crippen molar-refractivity contribution in [1.82, 2.24) is 14.9 Å². The molecule has 4 rings (SSSR count). The van der Waals surface area contributed by atoms with E-state index in [1.165, 1.54) is 18.5 Å². The Morgan fingerprint density at radius 3 is 2.44 bits per heavy atom. The van der Waals surface area contributed by atoms with Gasteiger partial charge in [-0.05, 0) is 52.3 Å². The van der Waals surface area contributed by atoms with Gasteiger partial charge in [0.25, 0.3) is 5.91 Å². The van der Waals surface area contributed by atoms with E-state index in [4.69, 9.17) is 4.42 Å². The van der Waals surface area contributed by atoms with Gasteiger partial charge >= 0.3 is 0 Å². The topological polar surface area (TPSA) is 62.5 Å². The van der Waals surface area contributed by atoms with Crippen LogP contribution in [0.2, 0.25) is 0 Å². The SMILES string of the molecule is O=C(c1ccc(Br)o1)N1CCN(c2cc(-c3ccc(F)cc3)ncn2)CC1. The number of piperazine rings is 1. The number of nitrogens with zero attached hydrogens (tertiary/aromatic N) is 4. The van der Waals surface area contributed by atoms with Crippen LogP contribution < -0.4 is 4.90 Å². The van der Waals surface area contributed by atoms with Crippen molar-refractivity contribution in [1.29, 1.82) is 0 Å². The molecule has 1 aliphatic heterocycles. The van der Waals surface area contributed by atoms with E-state index in [-0.39, 0.29) is 11.7 Å². The number of anilines is 1. The first-order valence-electron chi connectivity index (χ1n) is 8.48. The van der Waals surface area contributed by atoms with Gasteiger partial charge in [-0.15, -0.1) is 0 Å². The highest BCUT2D eigenvalue weighted by Gasteiger charge is 2.25. The Hall–Kier alpha value is -2.74. The average Bonchev–Trinajstić information content (AvgIpc) is 3.14. The summed E-state index contributed by atoms with van der Waals surface area (Å²) in [5.41, 5.74) is 1.57. The summed E-state index contributed by atoms with van der Waals surface area (Å²) in [6.45, 7) is 2.47. The van der Waals surface area contributed by atoms with Crippen LogP contribution in [0.3, 0.4) is 0 Å². The van der Waals surface area contributed by atoms with E-state index in [9.17, 15) is 9.18 Å². The summed E-state index contributed by atoms with van der Waals surface area (Å²) in [6, 6.07) is 11.5. The molecule has 0 N–H and O–H groups in total. The summed E-state index contributed by atoms with van der Waals surface area (Å²) >= 11 is 3.21. The van der Waals surface area contributed by atoms with Gasteiger partial charge in [-0.25, -0.2) is 14.4 Å². The molecule has 6 nitrogen and oxygen atoms in total. The predicted molar refractivity (Wildman–Crippen MR) is 102 cm³/mol. The number of carbonyl (C=O) groups excluding carboxylic acids is 1. The normalized spacial score (nSPS) is 14.4. The second kappa shape index (κ2) is 7.48. The number of amides is 1. The summed E-state index contributed by atoms with van der Waals surface area (Å²) in [4.78, 5) is 25.0. The van der Waals surface area contributed by atoms with Crippen LogP contribution in [0.15, 0.2) is 57.9 Å². The van der Waals surface area contributed by atoms with Gasteiger partial charge in [-0.2, -0.15) is 0 Å². The smallest absolute Gasteiger partial charge is 0.289 e. The number of halogens is 2. The largest absolute Gasteiger partial charge is 0.444 e. The summed E-state index contributed by atoms with van der Waals surface area (Å²) in [7, 11) is 0. The van der Waals surface area contributed by atoms with Crippen molar-refractivity contribution in [3.05, 3.63) is 65.0 Å². The fraction of sp³-hybridized carbons (Fsp3) is 0.211. The third kappa shape index (κ3) is 3.85. The fourth-order valence-corrected chi connectivity index (χ4v) is 3.33. The van der Waals surface area contributed by atoms with E-state index in [0.717, 1.165) is 17.1 Å². The second-order valence-corrected chi connectivity index (χ2v) is 6.93. The molecule has 2 aromatic heterocycles. The van der Waals surface area contributed by atoms with Crippen molar-refractivity contribution in [2.45, 2.75) is 0 Å². The van der Waals surface area contributed by atoms with E-state index >= 15 is 0 Å². The van der Waals surface area contributed by atoms with Gasteiger partial charge in [0, 0.05) is 37.8 Å². The molecule has 0 radical (unpaired) electrons. The minimum atomic E-state index is -0.280. The lowest BCUT2D eigenvalue weighted by atomic mass is 10.1. The van der Waals surface area contributed by atoms with Crippen molar-refractivity contribution >= 4 is 27.7 Å². The quantitative estimate of drug-likeness (QED) is 0.634. The highest BCUT2D eigenvalue weighted by Crippen LogP contribution is 2.22. The molecule has 1 fully saturated rings. The monoisotopic (exact) mass is 430 g/mol.